The molecule has 0 saturated carbocycles. The third kappa shape index (κ3) is 5.05. The van der Waals surface area contributed by atoms with E-state index in [2.05, 4.69) is 65.7 Å². The molecule has 1 fully saturated rings. The van der Waals surface area contributed by atoms with Gasteiger partial charge in [-0.3, -0.25) is 0 Å². The van der Waals surface area contributed by atoms with Crippen molar-refractivity contribution in [3.63, 3.8) is 0 Å². The average molecular weight is 433 g/mol. The summed E-state index contributed by atoms with van der Waals surface area (Å²) in [5.41, 5.74) is 2.45. The number of anilines is 1. The van der Waals surface area contributed by atoms with Gasteiger partial charge in [0.25, 0.3) is 0 Å². The molecule has 0 spiro atoms. The Morgan fingerprint density at radius 2 is 1.88 bits per heavy atom. The third-order valence-electron chi connectivity index (χ3n) is 6.08. The lowest BCUT2D eigenvalue weighted by molar-refractivity contribution is -0.150. The van der Waals surface area contributed by atoms with Gasteiger partial charge in [-0.2, -0.15) is 0 Å². The van der Waals surface area contributed by atoms with Crippen molar-refractivity contribution in [1.29, 1.82) is 0 Å². The summed E-state index contributed by atoms with van der Waals surface area (Å²) < 4.78 is 10.8. The van der Waals surface area contributed by atoms with Crippen molar-refractivity contribution in [2.24, 2.45) is 0 Å². The first-order valence-corrected chi connectivity index (χ1v) is 11.5. The van der Waals surface area contributed by atoms with Crippen LogP contribution in [0.25, 0.3) is 10.8 Å². The molecule has 5 nitrogen and oxygen atoms in total. The predicted molar refractivity (Wildman–Crippen MR) is 129 cm³/mol. The number of hydrogen-bond acceptors (Lipinski definition) is 5. The lowest BCUT2D eigenvalue weighted by Gasteiger charge is -2.23. The summed E-state index contributed by atoms with van der Waals surface area (Å²) in [4.78, 5) is 14.2. The number of benzene rings is 3. The van der Waals surface area contributed by atoms with Crippen LogP contribution in [-0.2, 0) is 9.53 Å². The number of nitrogens with zero attached hydrogens (tertiary/aromatic N) is 1. The van der Waals surface area contributed by atoms with E-state index in [-0.39, 0.29) is 12.0 Å². The first-order chi connectivity index (χ1) is 15.5. The van der Waals surface area contributed by atoms with Crippen molar-refractivity contribution >= 4 is 22.4 Å². The molecule has 1 heterocycles. The zero-order chi connectivity index (χ0) is 22.5. The van der Waals surface area contributed by atoms with Crippen molar-refractivity contribution in [3.05, 3.63) is 72.3 Å². The van der Waals surface area contributed by atoms with Gasteiger partial charge in [0.2, 0.25) is 0 Å². The van der Waals surface area contributed by atoms with Crippen molar-refractivity contribution < 1.29 is 14.3 Å². The van der Waals surface area contributed by atoms with Crippen LogP contribution in [0.5, 0.6) is 5.75 Å². The van der Waals surface area contributed by atoms with E-state index >= 15 is 0 Å². The minimum Gasteiger partial charge on any atom is -0.479 e. The van der Waals surface area contributed by atoms with Crippen molar-refractivity contribution in [2.45, 2.75) is 45.4 Å². The molecule has 32 heavy (non-hydrogen) atoms. The summed E-state index contributed by atoms with van der Waals surface area (Å²) in [5, 5.41) is 6.42. The topological polar surface area (TPSA) is 50.8 Å². The molecule has 3 atom stereocenters. The lowest BCUT2D eigenvalue weighted by Crippen LogP contribution is -2.34. The first kappa shape index (κ1) is 22.2. The summed E-state index contributed by atoms with van der Waals surface area (Å²) in [6.45, 7) is 8.03. The van der Waals surface area contributed by atoms with Gasteiger partial charge in [0.1, 0.15) is 5.75 Å². The van der Waals surface area contributed by atoms with Gasteiger partial charge in [-0.1, -0.05) is 48.5 Å². The van der Waals surface area contributed by atoms with E-state index in [0.717, 1.165) is 25.2 Å². The maximum atomic E-state index is 11.9. The van der Waals surface area contributed by atoms with Crippen LogP contribution in [0.3, 0.4) is 0 Å². The number of ether oxygens (including phenoxy) is 2. The molecular formula is C27H32N2O3. The Bertz CT molecular complexity index is 1060. The Morgan fingerprint density at radius 3 is 2.72 bits per heavy atom. The summed E-state index contributed by atoms with van der Waals surface area (Å²) in [6, 6.07) is 23.7. The van der Waals surface area contributed by atoms with Crippen LogP contribution in [0.1, 0.15) is 38.8 Å². The normalized spacial score (nSPS) is 17.8. The van der Waals surface area contributed by atoms with E-state index < -0.39 is 6.10 Å². The predicted octanol–water partition coefficient (Wildman–Crippen LogP) is 5.10. The zero-order valence-corrected chi connectivity index (χ0v) is 19.1. The largest absolute Gasteiger partial charge is 0.479 e. The molecule has 1 aliphatic heterocycles. The lowest BCUT2D eigenvalue weighted by atomic mass is 9.99. The van der Waals surface area contributed by atoms with E-state index in [1.165, 1.54) is 16.3 Å². The smallest absolute Gasteiger partial charge is 0.347 e. The minimum absolute atomic E-state index is 0.270. The van der Waals surface area contributed by atoms with Crippen molar-refractivity contribution in [2.75, 3.05) is 24.6 Å². The van der Waals surface area contributed by atoms with Crippen LogP contribution >= 0.6 is 0 Å². The van der Waals surface area contributed by atoms with Crippen LogP contribution < -0.4 is 15.0 Å². The van der Waals surface area contributed by atoms with Crippen molar-refractivity contribution in [1.82, 2.24) is 5.32 Å². The van der Waals surface area contributed by atoms with Gasteiger partial charge >= 0.3 is 5.97 Å². The standard InChI is InChI=1S/C27H32N2O3/c1-4-31-27(30)20(3)32-24-12-8-11-23(17-24)29-16-15-22(18-29)28-19(2)25-14-7-10-21-9-5-6-13-26(21)25/h5-14,17,19-20,22,28H,4,15-16,18H2,1-3H3/t19-,20-,22+/m1/s1. The Balaban J connectivity index is 1.39. The number of hydrogen-bond donors (Lipinski definition) is 1. The van der Waals surface area contributed by atoms with E-state index in [1.54, 1.807) is 13.8 Å². The quantitative estimate of drug-likeness (QED) is 0.502. The fourth-order valence-corrected chi connectivity index (χ4v) is 4.47. The van der Waals surface area contributed by atoms with Crippen LogP contribution in [0.15, 0.2) is 66.7 Å². The molecular weight excluding hydrogens is 400 g/mol. The number of carbonyl (C=O) groups is 1. The fourth-order valence-electron chi connectivity index (χ4n) is 4.47. The fraction of sp³-hybridized carbons (Fsp3) is 0.370. The molecule has 1 aliphatic rings. The number of fused-ring (bicyclic) bond motifs is 1. The molecule has 1 saturated heterocycles. The number of rotatable bonds is 8. The van der Waals surface area contributed by atoms with Gasteiger partial charge in [-0.25, -0.2) is 4.79 Å². The van der Waals surface area contributed by atoms with Crippen LogP contribution in [0.4, 0.5) is 5.69 Å². The molecule has 1 N–H and O–H groups in total. The van der Waals surface area contributed by atoms with Crippen LogP contribution in [0, 0.1) is 0 Å². The van der Waals surface area contributed by atoms with Gasteiger partial charge < -0.3 is 19.7 Å². The number of esters is 1. The van der Waals surface area contributed by atoms with Crippen molar-refractivity contribution in [3.8, 4) is 5.75 Å². The zero-order valence-electron chi connectivity index (χ0n) is 19.1. The molecule has 3 aromatic rings. The van der Waals surface area contributed by atoms with Gasteiger partial charge in [-0.05, 0) is 55.7 Å². The van der Waals surface area contributed by atoms with Crippen LogP contribution in [0.2, 0.25) is 0 Å². The third-order valence-corrected chi connectivity index (χ3v) is 6.08. The van der Waals surface area contributed by atoms with Gasteiger partial charge in [0.15, 0.2) is 6.10 Å². The Morgan fingerprint density at radius 1 is 1.09 bits per heavy atom. The molecule has 0 unspecified atom stereocenters. The second-order valence-corrected chi connectivity index (χ2v) is 8.40. The molecule has 4 rings (SSSR count). The Hall–Kier alpha value is -3.05. The SMILES string of the molecule is CCOC(=O)[C@@H](C)Oc1cccc(N2CC[C@H](N[C@H](C)c3cccc4ccccc34)C2)c1. The summed E-state index contributed by atoms with van der Waals surface area (Å²) in [6.07, 6.45) is 0.458. The molecule has 0 bridgehead atoms. The summed E-state index contributed by atoms with van der Waals surface area (Å²) in [5.74, 6) is 0.342. The second-order valence-electron chi connectivity index (χ2n) is 8.40. The summed E-state index contributed by atoms with van der Waals surface area (Å²) >= 11 is 0. The van der Waals surface area contributed by atoms with E-state index in [1.807, 2.05) is 18.2 Å². The minimum atomic E-state index is -0.625. The Kier molecular flexibility index (Phi) is 6.96. The van der Waals surface area contributed by atoms with E-state index in [9.17, 15) is 4.79 Å². The maximum absolute atomic E-state index is 11.9. The summed E-state index contributed by atoms with van der Waals surface area (Å²) in [7, 11) is 0. The van der Waals surface area contributed by atoms with Crippen LogP contribution in [-0.4, -0.2) is 37.8 Å². The molecule has 5 heteroatoms. The highest BCUT2D eigenvalue weighted by Gasteiger charge is 2.25. The van der Waals surface area contributed by atoms with E-state index in [0.29, 0.717) is 18.4 Å². The van der Waals surface area contributed by atoms with Gasteiger partial charge in [0, 0.05) is 36.9 Å². The molecule has 0 amide bonds. The van der Waals surface area contributed by atoms with Gasteiger partial charge in [-0.15, -0.1) is 0 Å². The molecule has 0 aliphatic carbocycles. The highest BCUT2D eigenvalue weighted by molar-refractivity contribution is 5.86. The maximum Gasteiger partial charge on any atom is 0.347 e. The molecule has 168 valence electrons. The highest BCUT2D eigenvalue weighted by atomic mass is 16.6. The first-order valence-electron chi connectivity index (χ1n) is 11.5. The number of nitrogens with one attached hydrogen (secondary N) is 1. The Labute approximate surface area is 190 Å². The average Bonchev–Trinajstić information content (AvgIpc) is 3.27. The monoisotopic (exact) mass is 432 g/mol. The number of carbonyl (C=O) groups excluding carboxylic acids is 1. The van der Waals surface area contributed by atoms with E-state index in [4.69, 9.17) is 9.47 Å². The van der Waals surface area contributed by atoms with Gasteiger partial charge in [0.05, 0.1) is 6.61 Å². The highest BCUT2D eigenvalue weighted by Crippen LogP contribution is 2.28. The molecule has 0 aromatic heterocycles. The molecule has 3 aromatic carbocycles. The molecule has 0 radical (unpaired) electrons. The second kappa shape index (κ2) is 10.0.